The zero-order valence-corrected chi connectivity index (χ0v) is 11.7. The lowest BCUT2D eigenvalue weighted by Crippen LogP contribution is -1.73. The first-order chi connectivity index (χ1) is 10.4. The lowest BCUT2D eigenvalue weighted by atomic mass is 10.1. The Kier molecular flexibility index (Phi) is 7.69. The van der Waals surface area contributed by atoms with E-state index in [9.17, 15) is 0 Å². The molecule has 0 aromatic heterocycles. The van der Waals surface area contributed by atoms with Crippen LogP contribution in [0.5, 0.6) is 5.75 Å². The van der Waals surface area contributed by atoms with Crippen LogP contribution in [0.2, 0.25) is 0 Å². The van der Waals surface area contributed by atoms with E-state index in [-0.39, 0.29) is 0 Å². The van der Waals surface area contributed by atoms with Crippen LogP contribution in [-0.2, 0) is 4.79 Å². The second-order valence-corrected chi connectivity index (χ2v) is 4.07. The van der Waals surface area contributed by atoms with E-state index in [1.54, 1.807) is 24.3 Å². The standard InChI is InChI=1S/C12H10.C6H6O.CH2O/c1-3-7-11(8-4-1)12-9-5-2-6-10-12;7-6-4-2-1-3-5-6;1-2/h1-10H;1-5,7H;1H2. The van der Waals surface area contributed by atoms with Crippen molar-refractivity contribution in [2.75, 3.05) is 0 Å². The van der Waals surface area contributed by atoms with Crippen LogP contribution in [0.15, 0.2) is 91.0 Å². The topological polar surface area (TPSA) is 37.3 Å². The quantitative estimate of drug-likeness (QED) is 0.708. The smallest absolute Gasteiger partial charge is 0.115 e. The van der Waals surface area contributed by atoms with Crippen molar-refractivity contribution in [1.29, 1.82) is 0 Å². The second-order valence-electron chi connectivity index (χ2n) is 4.07. The zero-order valence-electron chi connectivity index (χ0n) is 11.7. The summed E-state index contributed by atoms with van der Waals surface area (Å²) in [5.41, 5.74) is 2.55. The molecule has 2 nitrogen and oxygen atoms in total. The van der Waals surface area contributed by atoms with E-state index in [0.29, 0.717) is 5.75 Å². The highest BCUT2D eigenvalue weighted by Crippen LogP contribution is 2.17. The van der Waals surface area contributed by atoms with Gasteiger partial charge in [0.05, 0.1) is 0 Å². The van der Waals surface area contributed by atoms with Gasteiger partial charge in [0.1, 0.15) is 12.5 Å². The molecule has 0 atom stereocenters. The highest BCUT2D eigenvalue weighted by atomic mass is 16.3. The average Bonchev–Trinajstić information content (AvgIpc) is 2.60. The Bertz CT molecular complexity index is 555. The minimum atomic E-state index is 0.322. The Labute approximate surface area is 125 Å². The normalized spacial score (nSPS) is 8.57. The largest absolute Gasteiger partial charge is 0.508 e. The number of phenols is 1. The molecule has 0 amide bonds. The Morgan fingerprint density at radius 1 is 0.524 bits per heavy atom. The van der Waals surface area contributed by atoms with Gasteiger partial charge in [-0.15, -0.1) is 0 Å². The molecule has 0 fully saturated rings. The molecular formula is C19H18O2. The van der Waals surface area contributed by atoms with Gasteiger partial charge in [0.2, 0.25) is 0 Å². The monoisotopic (exact) mass is 278 g/mol. The Morgan fingerprint density at radius 3 is 1.05 bits per heavy atom. The third-order valence-electron chi connectivity index (χ3n) is 2.64. The molecule has 0 spiro atoms. The maximum absolute atomic E-state index is 8.63. The van der Waals surface area contributed by atoms with Crippen LogP contribution in [-0.4, -0.2) is 11.9 Å². The number of hydrogen-bond donors (Lipinski definition) is 1. The lowest BCUT2D eigenvalue weighted by Gasteiger charge is -1.98. The lowest BCUT2D eigenvalue weighted by molar-refractivity contribution is -0.0979. The molecule has 0 aliphatic rings. The summed E-state index contributed by atoms with van der Waals surface area (Å²) < 4.78 is 0. The summed E-state index contributed by atoms with van der Waals surface area (Å²) in [4.78, 5) is 8.00. The number of rotatable bonds is 1. The Hall–Kier alpha value is -2.87. The van der Waals surface area contributed by atoms with Crippen molar-refractivity contribution in [1.82, 2.24) is 0 Å². The van der Waals surface area contributed by atoms with E-state index in [0.717, 1.165) is 0 Å². The summed E-state index contributed by atoms with van der Waals surface area (Å²) in [6.07, 6.45) is 0. The highest BCUT2D eigenvalue weighted by Gasteiger charge is 1.91. The van der Waals surface area contributed by atoms with Gasteiger partial charge in [0.15, 0.2) is 0 Å². The fraction of sp³-hybridized carbons (Fsp3) is 0. The minimum Gasteiger partial charge on any atom is -0.508 e. The van der Waals surface area contributed by atoms with E-state index < -0.39 is 0 Å². The Morgan fingerprint density at radius 2 is 0.810 bits per heavy atom. The molecule has 0 aliphatic carbocycles. The van der Waals surface area contributed by atoms with Gasteiger partial charge >= 0.3 is 0 Å². The molecule has 2 heteroatoms. The van der Waals surface area contributed by atoms with E-state index >= 15 is 0 Å². The summed E-state index contributed by atoms with van der Waals surface area (Å²) in [5, 5.41) is 8.63. The number of carbonyl (C=O) groups excluding carboxylic acids is 1. The molecule has 1 N–H and O–H groups in total. The van der Waals surface area contributed by atoms with Gasteiger partial charge in [-0.05, 0) is 23.3 Å². The van der Waals surface area contributed by atoms with E-state index in [1.807, 2.05) is 25.0 Å². The number of benzene rings is 3. The third kappa shape index (κ3) is 6.21. The zero-order chi connectivity index (χ0) is 15.3. The fourth-order valence-electron chi connectivity index (χ4n) is 1.69. The van der Waals surface area contributed by atoms with Crippen LogP contribution in [0, 0.1) is 0 Å². The molecular weight excluding hydrogens is 260 g/mol. The van der Waals surface area contributed by atoms with Crippen molar-refractivity contribution in [3.63, 3.8) is 0 Å². The molecule has 21 heavy (non-hydrogen) atoms. The van der Waals surface area contributed by atoms with Crippen molar-refractivity contribution in [2.45, 2.75) is 0 Å². The van der Waals surface area contributed by atoms with Gasteiger partial charge in [-0.3, -0.25) is 0 Å². The fourth-order valence-corrected chi connectivity index (χ4v) is 1.69. The van der Waals surface area contributed by atoms with Crippen LogP contribution >= 0.6 is 0 Å². The molecule has 0 bridgehead atoms. The van der Waals surface area contributed by atoms with Crippen LogP contribution in [0.3, 0.4) is 0 Å². The number of carbonyl (C=O) groups is 1. The van der Waals surface area contributed by atoms with Crippen LogP contribution in [0.4, 0.5) is 0 Å². The van der Waals surface area contributed by atoms with Crippen LogP contribution < -0.4 is 0 Å². The first-order valence-corrected chi connectivity index (χ1v) is 6.49. The van der Waals surface area contributed by atoms with E-state index in [2.05, 4.69) is 48.5 Å². The number of para-hydroxylation sites is 1. The van der Waals surface area contributed by atoms with Crippen molar-refractivity contribution < 1.29 is 9.90 Å². The van der Waals surface area contributed by atoms with Gasteiger partial charge in [0.25, 0.3) is 0 Å². The number of phenolic OH excluding ortho intramolecular Hbond substituents is 1. The van der Waals surface area contributed by atoms with Crippen molar-refractivity contribution >= 4 is 6.79 Å². The molecule has 0 unspecified atom stereocenters. The van der Waals surface area contributed by atoms with Gasteiger partial charge < -0.3 is 9.90 Å². The first-order valence-electron chi connectivity index (χ1n) is 6.49. The molecule has 3 aromatic rings. The predicted octanol–water partition coefficient (Wildman–Crippen LogP) is 4.56. The summed E-state index contributed by atoms with van der Waals surface area (Å²) in [5.74, 6) is 0.322. The second kappa shape index (κ2) is 9.98. The van der Waals surface area contributed by atoms with E-state index in [1.165, 1.54) is 11.1 Å². The summed E-state index contributed by atoms with van der Waals surface area (Å²) in [6.45, 7) is 2.00. The first kappa shape index (κ1) is 16.2. The maximum Gasteiger partial charge on any atom is 0.115 e. The SMILES string of the molecule is C=O.Oc1ccccc1.c1ccc(-c2ccccc2)cc1. The number of hydrogen-bond acceptors (Lipinski definition) is 2. The van der Waals surface area contributed by atoms with Crippen LogP contribution in [0.25, 0.3) is 11.1 Å². The molecule has 0 saturated carbocycles. The molecule has 0 aliphatic heterocycles. The number of aromatic hydroxyl groups is 1. The van der Waals surface area contributed by atoms with Gasteiger partial charge in [-0.25, -0.2) is 0 Å². The minimum absolute atomic E-state index is 0.322. The van der Waals surface area contributed by atoms with Crippen molar-refractivity contribution in [3.05, 3.63) is 91.0 Å². The summed E-state index contributed by atoms with van der Waals surface area (Å²) in [7, 11) is 0. The highest BCUT2D eigenvalue weighted by molar-refractivity contribution is 5.62. The maximum atomic E-state index is 8.63. The third-order valence-corrected chi connectivity index (χ3v) is 2.64. The summed E-state index contributed by atoms with van der Waals surface area (Å²) in [6, 6.07) is 29.5. The van der Waals surface area contributed by atoms with Crippen molar-refractivity contribution in [3.8, 4) is 16.9 Å². The predicted molar refractivity (Wildman–Crippen MR) is 87.1 cm³/mol. The average molecular weight is 278 g/mol. The molecule has 0 saturated heterocycles. The Balaban J connectivity index is 0.000000210. The van der Waals surface area contributed by atoms with Crippen molar-refractivity contribution in [2.24, 2.45) is 0 Å². The van der Waals surface area contributed by atoms with Gasteiger partial charge in [-0.1, -0.05) is 78.9 Å². The van der Waals surface area contributed by atoms with Gasteiger partial charge in [-0.2, -0.15) is 0 Å². The molecule has 3 rings (SSSR count). The molecule has 0 radical (unpaired) electrons. The molecule has 106 valence electrons. The van der Waals surface area contributed by atoms with Crippen LogP contribution in [0.1, 0.15) is 0 Å². The molecule has 3 aromatic carbocycles. The summed E-state index contributed by atoms with van der Waals surface area (Å²) >= 11 is 0. The van der Waals surface area contributed by atoms with Gasteiger partial charge in [0, 0.05) is 0 Å². The van der Waals surface area contributed by atoms with E-state index in [4.69, 9.17) is 9.90 Å². The molecule has 0 heterocycles.